The van der Waals surface area contributed by atoms with Crippen molar-refractivity contribution in [3.63, 3.8) is 0 Å². The summed E-state index contributed by atoms with van der Waals surface area (Å²) in [6, 6.07) is 15.0. The second kappa shape index (κ2) is 7.60. The summed E-state index contributed by atoms with van der Waals surface area (Å²) in [6.45, 7) is 5.44. The Hall–Kier alpha value is -2.18. The summed E-state index contributed by atoms with van der Waals surface area (Å²) in [6.07, 6.45) is 0. The first kappa shape index (κ1) is 18.6. The van der Waals surface area contributed by atoms with Crippen molar-refractivity contribution in [1.82, 2.24) is 9.21 Å². The van der Waals surface area contributed by atoms with Gasteiger partial charge in [0.05, 0.1) is 5.75 Å². The van der Waals surface area contributed by atoms with Crippen LogP contribution in [0.3, 0.4) is 0 Å². The van der Waals surface area contributed by atoms with Gasteiger partial charge in [-0.05, 0) is 31.5 Å². The van der Waals surface area contributed by atoms with E-state index in [1.807, 2.05) is 62.4 Å². The van der Waals surface area contributed by atoms with Crippen LogP contribution >= 0.6 is 0 Å². The number of hydrogen-bond acceptors (Lipinski definition) is 3. The van der Waals surface area contributed by atoms with Crippen LogP contribution in [-0.2, 0) is 15.8 Å². The molecule has 0 radical (unpaired) electrons. The summed E-state index contributed by atoms with van der Waals surface area (Å²) in [5.41, 5.74) is 3.59. The second-order valence-corrected chi connectivity index (χ2v) is 8.77. The number of amides is 1. The van der Waals surface area contributed by atoms with Crippen LogP contribution in [-0.4, -0.2) is 49.7 Å². The first-order valence-electron chi connectivity index (χ1n) is 8.74. The van der Waals surface area contributed by atoms with Gasteiger partial charge in [0.1, 0.15) is 0 Å². The summed E-state index contributed by atoms with van der Waals surface area (Å²) in [4.78, 5) is 14.3. The molecule has 2 aromatic rings. The number of benzene rings is 2. The first-order chi connectivity index (χ1) is 12.3. The Bertz CT molecular complexity index is 884. The Morgan fingerprint density at radius 2 is 1.58 bits per heavy atom. The monoisotopic (exact) mass is 372 g/mol. The molecule has 26 heavy (non-hydrogen) atoms. The fraction of sp³-hybridized carbons (Fsp3) is 0.350. The third-order valence-corrected chi connectivity index (χ3v) is 6.50. The predicted molar refractivity (Wildman–Crippen MR) is 102 cm³/mol. The number of piperazine rings is 1. The van der Waals surface area contributed by atoms with Crippen molar-refractivity contribution in [3.05, 3.63) is 70.8 Å². The average molecular weight is 372 g/mol. The summed E-state index contributed by atoms with van der Waals surface area (Å²) in [5.74, 6) is -0.0404. The summed E-state index contributed by atoms with van der Waals surface area (Å²) < 4.78 is 26.8. The molecule has 0 unspecified atom stereocenters. The number of rotatable bonds is 4. The Morgan fingerprint density at radius 3 is 2.19 bits per heavy atom. The van der Waals surface area contributed by atoms with Crippen molar-refractivity contribution in [2.24, 2.45) is 0 Å². The maximum Gasteiger partial charge on any atom is 0.253 e. The van der Waals surface area contributed by atoms with Gasteiger partial charge in [0.25, 0.3) is 5.91 Å². The molecule has 0 spiro atoms. The number of hydrogen-bond donors (Lipinski definition) is 0. The van der Waals surface area contributed by atoms with E-state index in [1.54, 1.807) is 4.90 Å². The molecule has 138 valence electrons. The van der Waals surface area contributed by atoms with Gasteiger partial charge in [-0.15, -0.1) is 0 Å². The predicted octanol–water partition coefficient (Wildman–Crippen LogP) is 2.59. The number of aryl methyl sites for hydroxylation is 2. The van der Waals surface area contributed by atoms with E-state index < -0.39 is 10.0 Å². The molecule has 2 aromatic carbocycles. The van der Waals surface area contributed by atoms with Crippen LogP contribution < -0.4 is 0 Å². The van der Waals surface area contributed by atoms with Crippen molar-refractivity contribution < 1.29 is 13.2 Å². The third-order valence-electron chi connectivity index (χ3n) is 4.65. The van der Waals surface area contributed by atoms with Crippen LogP contribution in [0.1, 0.15) is 27.0 Å². The molecule has 3 rings (SSSR count). The van der Waals surface area contributed by atoms with E-state index in [1.165, 1.54) is 4.31 Å². The molecule has 6 heteroatoms. The molecule has 1 amide bonds. The Morgan fingerprint density at radius 1 is 0.923 bits per heavy atom. The van der Waals surface area contributed by atoms with Crippen LogP contribution in [0.25, 0.3) is 0 Å². The molecular formula is C20H24N2O3S. The lowest BCUT2D eigenvalue weighted by Gasteiger charge is -2.34. The van der Waals surface area contributed by atoms with E-state index in [9.17, 15) is 13.2 Å². The summed E-state index contributed by atoms with van der Waals surface area (Å²) >= 11 is 0. The summed E-state index contributed by atoms with van der Waals surface area (Å²) in [7, 11) is -3.38. The van der Waals surface area contributed by atoms with E-state index in [0.717, 1.165) is 16.7 Å². The fourth-order valence-corrected chi connectivity index (χ4v) is 4.65. The Balaban J connectivity index is 1.62. The molecule has 1 fully saturated rings. The molecule has 0 aromatic heterocycles. The van der Waals surface area contributed by atoms with Crippen molar-refractivity contribution in [2.75, 3.05) is 26.2 Å². The van der Waals surface area contributed by atoms with Gasteiger partial charge in [0.15, 0.2) is 0 Å². The quantitative estimate of drug-likeness (QED) is 0.829. The highest BCUT2D eigenvalue weighted by Gasteiger charge is 2.29. The SMILES string of the molecule is Cc1ccc(C(=O)N2CCN(S(=O)(=O)Cc3cccc(C)c3)CC2)cc1. The van der Waals surface area contributed by atoms with Crippen molar-refractivity contribution in [3.8, 4) is 0 Å². The minimum atomic E-state index is -3.38. The van der Waals surface area contributed by atoms with Gasteiger partial charge >= 0.3 is 0 Å². The van der Waals surface area contributed by atoms with Gasteiger partial charge in [0.2, 0.25) is 10.0 Å². The molecule has 0 bridgehead atoms. The third kappa shape index (κ3) is 4.31. The minimum absolute atomic E-state index is 0.000584. The molecule has 0 saturated carbocycles. The number of nitrogens with zero attached hydrogens (tertiary/aromatic N) is 2. The second-order valence-electron chi connectivity index (χ2n) is 6.80. The van der Waals surface area contributed by atoms with Gasteiger partial charge < -0.3 is 4.90 Å². The van der Waals surface area contributed by atoms with Crippen molar-refractivity contribution in [1.29, 1.82) is 0 Å². The Kier molecular flexibility index (Phi) is 5.44. The molecule has 1 aliphatic rings. The van der Waals surface area contributed by atoms with Gasteiger partial charge in [0, 0.05) is 31.7 Å². The molecular weight excluding hydrogens is 348 g/mol. The fourth-order valence-electron chi connectivity index (χ4n) is 3.15. The lowest BCUT2D eigenvalue weighted by Crippen LogP contribution is -2.50. The van der Waals surface area contributed by atoms with E-state index in [-0.39, 0.29) is 11.7 Å². The maximum absolute atomic E-state index is 12.7. The smallest absolute Gasteiger partial charge is 0.253 e. The van der Waals surface area contributed by atoms with E-state index in [2.05, 4.69) is 0 Å². The van der Waals surface area contributed by atoms with Crippen LogP contribution in [0.15, 0.2) is 48.5 Å². The van der Waals surface area contributed by atoms with Gasteiger partial charge in [-0.3, -0.25) is 4.79 Å². The maximum atomic E-state index is 12.7. The average Bonchev–Trinajstić information content (AvgIpc) is 2.61. The number of carbonyl (C=O) groups is 1. The molecule has 1 aliphatic heterocycles. The molecule has 1 heterocycles. The summed E-state index contributed by atoms with van der Waals surface area (Å²) in [5, 5.41) is 0. The molecule has 0 aliphatic carbocycles. The van der Waals surface area contributed by atoms with E-state index in [4.69, 9.17) is 0 Å². The minimum Gasteiger partial charge on any atom is -0.336 e. The van der Waals surface area contributed by atoms with Crippen molar-refractivity contribution in [2.45, 2.75) is 19.6 Å². The number of carbonyl (C=O) groups excluding carboxylic acids is 1. The first-order valence-corrected chi connectivity index (χ1v) is 10.4. The highest BCUT2D eigenvalue weighted by atomic mass is 32.2. The van der Waals surface area contributed by atoms with Crippen molar-refractivity contribution >= 4 is 15.9 Å². The lowest BCUT2D eigenvalue weighted by atomic mass is 10.1. The topological polar surface area (TPSA) is 57.7 Å². The standard InChI is InChI=1S/C20H24N2O3S/c1-16-6-8-19(9-7-16)20(23)21-10-12-22(13-11-21)26(24,25)15-18-5-3-4-17(2)14-18/h3-9,14H,10-13,15H2,1-2H3. The van der Waals surface area contributed by atoms with Crippen LogP contribution in [0.2, 0.25) is 0 Å². The van der Waals surface area contributed by atoms with Crippen LogP contribution in [0.4, 0.5) is 0 Å². The molecule has 0 N–H and O–H groups in total. The zero-order chi connectivity index (χ0) is 18.7. The van der Waals surface area contributed by atoms with Crippen LogP contribution in [0.5, 0.6) is 0 Å². The van der Waals surface area contributed by atoms with Gasteiger partial charge in [-0.25, -0.2) is 8.42 Å². The zero-order valence-electron chi connectivity index (χ0n) is 15.2. The highest BCUT2D eigenvalue weighted by Crippen LogP contribution is 2.16. The van der Waals surface area contributed by atoms with Gasteiger partial charge in [-0.2, -0.15) is 4.31 Å². The largest absolute Gasteiger partial charge is 0.336 e. The molecule has 0 atom stereocenters. The van der Waals surface area contributed by atoms with Gasteiger partial charge in [-0.1, -0.05) is 47.5 Å². The number of sulfonamides is 1. The van der Waals surface area contributed by atoms with Crippen LogP contribution in [0, 0.1) is 13.8 Å². The van der Waals surface area contributed by atoms with E-state index in [0.29, 0.717) is 31.7 Å². The highest BCUT2D eigenvalue weighted by molar-refractivity contribution is 7.88. The zero-order valence-corrected chi connectivity index (χ0v) is 16.0. The Labute approximate surface area is 155 Å². The molecule has 1 saturated heterocycles. The normalized spacial score (nSPS) is 15.8. The molecule has 5 nitrogen and oxygen atoms in total. The van der Waals surface area contributed by atoms with E-state index >= 15 is 0 Å². The lowest BCUT2D eigenvalue weighted by molar-refractivity contribution is 0.0698.